The molecule has 0 unspecified atom stereocenters. The fourth-order valence-corrected chi connectivity index (χ4v) is 3.41. The minimum absolute atomic E-state index is 0.00242. The third-order valence-electron chi connectivity index (χ3n) is 2.94. The van der Waals surface area contributed by atoms with E-state index < -0.39 is 5.97 Å². The molecule has 0 aromatic carbocycles. The Morgan fingerprint density at radius 1 is 1.42 bits per heavy atom. The van der Waals surface area contributed by atoms with Crippen LogP contribution in [0, 0.1) is 5.92 Å². The van der Waals surface area contributed by atoms with Crippen LogP contribution in [0.25, 0.3) is 0 Å². The lowest BCUT2D eigenvalue weighted by Crippen LogP contribution is -2.41. The van der Waals surface area contributed by atoms with E-state index in [0.29, 0.717) is 35.4 Å². The normalized spacial score (nSPS) is 16.5. The first kappa shape index (κ1) is 14.1. The standard InChI is InChI=1S/C10H14N4O3S2/c11-9-12-13-10(19-9)18-5-7(15)14-3-1-6(2-4-14)8(16)17/h6H,1-5H2,(H2,11,12)(H,16,17). The van der Waals surface area contributed by atoms with Gasteiger partial charge >= 0.3 is 5.97 Å². The largest absolute Gasteiger partial charge is 0.481 e. The van der Waals surface area contributed by atoms with E-state index in [2.05, 4.69) is 10.2 Å². The molecule has 1 aromatic heterocycles. The van der Waals surface area contributed by atoms with E-state index in [4.69, 9.17) is 10.8 Å². The van der Waals surface area contributed by atoms with Gasteiger partial charge in [-0.2, -0.15) is 0 Å². The molecule has 19 heavy (non-hydrogen) atoms. The molecule has 0 atom stereocenters. The smallest absolute Gasteiger partial charge is 0.306 e. The van der Waals surface area contributed by atoms with Crippen molar-refractivity contribution in [3.05, 3.63) is 0 Å². The lowest BCUT2D eigenvalue weighted by atomic mass is 9.97. The van der Waals surface area contributed by atoms with Gasteiger partial charge in [-0.25, -0.2) is 0 Å². The third-order valence-corrected chi connectivity index (χ3v) is 4.81. The van der Waals surface area contributed by atoms with Gasteiger partial charge in [-0.15, -0.1) is 10.2 Å². The van der Waals surface area contributed by atoms with Crippen molar-refractivity contribution in [2.24, 2.45) is 5.92 Å². The number of amides is 1. The second kappa shape index (κ2) is 6.20. The monoisotopic (exact) mass is 302 g/mol. The van der Waals surface area contributed by atoms with Crippen molar-refractivity contribution in [2.75, 3.05) is 24.6 Å². The molecule has 0 spiro atoms. The molecule has 3 N–H and O–H groups in total. The number of aliphatic carboxylic acids is 1. The summed E-state index contributed by atoms with van der Waals surface area (Å²) in [7, 11) is 0. The summed E-state index contributed by atoms with van der Waals surface area (Å²) >= 11 is 2.56. The van der Waals surface area contributed by atoms with Crippen LogP contribution in [0.15, 0.2) is 4.34 Å². The van der Waals surface area contributed by atoms with Gasteiger partial charge in [-0.05, 0) is 12.8 Å². The number of rotatable bonds is 4. The minimum atomic E-state index is -0.772. The zero-order valence-electron chi connectivity index (χ0n) is 10.1. The number of hydrogen-bond donors (Lipinski definition) is 2. The Kier molecular flexibility index (Phi) is 4.59. The number of piperidine rings is 1. The molecule has 1 amide bonds. The highest BCUT2D eigenvalue weighted by molar-refractivity contribution is 8.01. The number of aromatic nitrogens is 2. The summed E-state index contributed by atoms with van der Waals surface area (Å²) in [6.07, 6.45) is 1.05. The number of nitrogens with two attached hydrogens (primary N) is 1. The quantitative estimate of drug-likeness (QED) is 0.781. The van der Waals surface area contributed by atoms with E-state index in [1.165, 1.54) is 23.1 Å². The van der Waals surface area contributed by atoms with Gasteiger partial charge < -0.3 is 15.7 Å². The maximum Gasteiger partial charge on any atom is 0.306 e. The zero-order valence-corrected chi connectivity index (χ0v) is 11.7. The van der Waals surface area contributed by atoms with Crippen LogP contribution < -0.4 is 5.73 Å². The van der Waals surface area contributed by atoms with E-state index >= 15 is 0 Å². The van der Waals surface area contributed by atoms with Gasteiger partial charge in [0.25, 0.3) is 0 Å². The van der Waals surface area contributed by atoms with Crippen molar-refractivity contribution >= 4 is 40.1 Å². The first-order valence-electron chi connectivity index (χ1n) is 5.78. The van der Waals surface area contributed by atoms with E-state index in [1.807, 2.05) is 0 Å². The van der Waals surface area contributed by atoms with Crippen molar-refractivity contribution in [3.8, 4) is 0 Å². The van der Waals surface area contributed by atoms with Crippen LogP contribution in [0.1, 0.15) is 12.8 Å². The van der Waals surface area contributed by atoms with Gasteiger partial charge in [-0.3, -0.25) is 9.59 Å². The predicted molar refractivity (Wildman–Crippen MR) is 72.0 cm³/mol. The first-order chi connectivity index (χ1) is 9.06. The summed E-state index contributed by atoms with van der Waals surface area (Å²) in [5, 5.41) is 16.8. The van der Waals surface area contributed by atoms with Gasteiger partial charge in [0.1, 0.15) is 0 Å². The average Bonchev–Trinajstić information content (AvgIpc) is 2.82. The van der Waals surface area contributed by atoms with Gasteiger partial charge in [0.15, 0.2) is 4.34 Å². The fourth-order valence-electron chi connectivity index (χ4n) is 1.87. The van der Waals surface area contributed by atoms with Crippen molar-refractivity contribution < 1.29 is 14.7 Å². The highest BCUT2D eigenvalue weighted by atomic mass is 32.2. The summed E-state index contributed by atoms with van der Waals surface area (Å²) in [4.78, 5) is 24.5. The first-order valence-corrected chi connectivity index (χ1v) is 7.59. The molecule has 7 nitrogen and oxygen atoms in total. The number of nitrogens with zero attached hydrogens (tertiary/aromatic N) is 3. The summed E-state index contributed by atoms with van der Waals surface area (Å²) < 4.78 is 0.672. The molecule has 1 aliphatic rings. The molecule has 0 bridgehead atoms. The summed E-state index contributed by atoms with van der Waals surface area (Å²) in [5.41, 5.74) is 5.45. The predicted octanol–water partition coefficient (Wildman–Crippen LogP) is 0.536. The minimum Gasteiger partial charge on any atom is -0.481 e. The Balaban J connectivity index is 1.77. The number of thioether (sulfide) groups is 1. The second-order valence-electron chi connectivity index (χ2n) is 4.19. The summed E-state index contributed by atoms with van der Waals surface area (Å²) in [6.45, 7) is 1.02. The molecular weight excluding hydrogens is 288 g/mol. The molecule has 1 saturated heterocycles. The SMILES string of the molecule is Nc1nnc(SCC(=O)N2CCC(C(=O)O)CC2)s1. The molecule has 2 heterocycles. The van der Waals surface area contributed by atoms with Gasteiger partial charge in [0.05, 0.1) is 11.7 Å². The van der Waals surface area contributed by atoms with Crippen LogP contribution in [0.5, 0.6) is 0 Å². The zero-order chi connectivity index (χ0) is 13.8. The number of carbonyl (C=O) groups is 2. The maximum atomic E-state index is 11.9. The highest BCUT2D eigenvalue weighted by Gasteiger charge is 2.26. The number of carboxylic acids is 1. The number of carboxylic acid groups (broad SMARTS) is 1. The van der Waals surface area contributed by atoms with Gasteiger partial charge in [0.2, 0.25) is 11.0 Å². The van der Waals surface area contributed by atoms with Crippen molar-refractivity contribution in [1.82, 2.24) is 15.1 Å². The summed E-state index contributed by atoms with van der Waals surface area (Å²) in [6, 6.07) is 0. The molecule has 9 heteroatoms. The molecule has 0 radical (unpaired) electrons. The van der Waals surface area contributed by atoms with Crippen LogP contribution in [0.3, 0.4) is 0 Å². The Hall–Kier alpha value is -1.35. The molecular formula is C10H14N4O3S2. The lowest BCUT2D eigenvalue weighted by Gasteiger charge is -2.29. The third kappa shape index (κ3) is 3.80. The molecule has 1 fully saturated rings. The Morgan fingerprint density at radius 2 is 2.11 bits per heavy atom. The molecule has 1 aliphatic heterocycles. The molecule has 104 valence electrons. The maximum absolute atomic E-state index is 11.9. The second-order valence-corrected chi connectivity index (χ2v) is 6.42. The van der Waals surface area contributed by atoms with Crippen LogP contribution in [0.2, 0.25) is 0 Å². The topological polar surface area (TPSA) is 109 Å². The van der Waals surface area contributed by atoms with Crippen LogP contribution >= 0.6 is 23.1 Å². The summed E-state index contributed by atoms with van der Waals surface area (Å²) in [5.74, 6) is -0.806. The highest BCUT2D eigenvalue weighted by Crippen LogP contribution is 2.24. The van der Waals surface area contributed by atoms with E-state index in [1.54, 1.807) is 4.90 Å². The Labute approximate surface area is 118 Å². The van der Waals surface area contributed by atoms with Gasteiger partial charge in [0, 0.05) is 13.1 Å². The number of nitrogen functional groups attached to an aromatic ring is 1. The number of anilines is 1. The van der Waals surface area contributed by atoms with Crippen molar-refractivity contribution in [1.29, 1.82) is 0 Å². The molecule has 2 rings (SSSR count). The van der Waals surface area contributed by atoms with Crippen molar-refractivity contribution in [3.63, 3.8) is 0 Å². The number of hydrogen-bond acceptors (Lipinski definition) is 7. The van der Waals surface area contributed by atoms with Crippen LogP contribution in [-0.2, 0) is 9.59 Å². The van der Waals surface area contributed by atoms with Crippen LogP contribution in [-0.4, -0.2) is 50.9 Å². The lowest BCUT2D eigenvalue weighted by molar-refractivity contribution is -0.145. The van der Waals surface area contributed by atoms with E-state index in [9.17, 15) is 9.59 Å². The van der Waals surface area contributed by atoms with Crippen molar-refractivity contribution in [2.45, 2.75) is 17.2 Å². The average molecular weight is 302 g/mol. The molecule has 0 saturated carbocycles. The number of likely N-dealkylation sites (tertiary alicyclic amines) is 1. The van der Waals surface area contributed by atoms with Gasteiger partial charge in [-0.1, -0.05) is 23.1 Å². The fraction of sp³-hybridized carbons (Fsp3) is 0.600. The van der Waals surface area contributed by atoms with E-state index in [0.717, 1.165) is 0 Å². The van der Waals surface area contributed by atoms with Crippen LogP contribution in [0.4, 0.5) is 5.13 Å². The Morgan fingerprint density at radius 3 is 2.63 bits per heavy atom. The number of carbonyl (C=O) groups excluding carboxylic acids is 1. The molecule has 0 aliphatic carbocycles. The van der Waals surface area contributed by atoms with E-state index in [-0.39, 0.29) is 17.6 Å². The molecule has 1 aromatic rings. The Bertz CT molecular complexity index is 471.